The highest BCUT2D eigenvalue weighted by Crippen LogP contribution is 2.17. The fourth-order valence-electron chi connectivity index (χ4n) is 2.42. The Labute approximate surface area is 154 Å². The Hall–Kier alpha value is -2.82. The molecule has 2 aromatic rings. The summed E-state index contributed by atoms with van der Waals surface area (Å²) in [6.07, 6.45) is 0.263. The first-order valence-electron chi connectivity index (χ1n) is 8.75. The molecular weight excluding hydrogens is 328 g/mol. The van der Waals surface area contributed by atoms with E-state index in [2.05, 4.69) is 16.7 Å². The van der Waals surface area contributed by atoms with Crippen LogP contribution in [0, 0.1) is 19.8 Å². The van der Waals surface area contributed by atoms with Crippen molar-refractivity contribution in [2.45, 2.75) is 34.1 Å². The molecule has 0 aliphatic heterocycles. The highest BCUT2D eigenvalue weighted by atomic mass is 16.5. The summed E-state index contributed by atoms with van der Waals surface area (Å²) in [4.78, 5) is 23.7. The van der Waals surface area contributed by atoms with Crippen molar-refractivity contribution in [3.63, 3.8) is 0 Å². The summed E-state index contributed by atoms with van der Waals surface area (Å²) in [5.41, 5.74) is 3.66. The Bertz CT molecular complexity index is 747. The average molecular weight is 354 g/mol. The van der Waals surface area contributed by atoms with Crippen molar-refractivity contribution in [2.24, 2.45) is 5.92 Å². The van der Waals surface area contributed by atoms with Crippen molar-refractivity contribution in [1.82, 2.24) is 0 Å². The quantitative estimate of drug-likeness (QED) is 0.779. The number of hydrogen-bond donors (Lipinski definition) is 2. The lowest BCUT2D eigenvalue weighted by atomic mass is 10.1. The van der Waals surface area contributed by atoms with Gasteiger partial charge >= 0.3 is 0 Å². The van der Waals surface area contributed by atoms with Gasteiger partial charge < -0.3 is 15.4 Å². The van der Waals surface area contributed by atoms with Crippen molar-refractivity contribution in [1.29, 1.82) is 0 Å². The number of anilines is 2. The van der Waals surface area contributed by atoms with Crippen molar-refractivity contribution in [2.75, 3.05) is 17.2 Å². The van der Waals surface area contributed by atoms with Gasteiger partial charge in [-0.1, -0.05) is 19.9 Å². The van der Waals surface area contributed by atoms with E-state index in [0.717, 1.165) is 16.9 Å². The number of hydrogen-bond acceptors (Lipinski definition) is 3. The van der Waals surface area contributed by atoms with E-state index >= 15 is 0 Å². The molecule has 0 unspecified atom stereocenters. The van der Waals surface area contributed by atoms with Gasteiger partial charge in [-0.05, 0) is 61.4 Å². The van der Waals surface area contributed by atoms with Crippen LogP contribution in [-0.4, -0.2) is 18.4 Å². The second-order valence-corrected chi connectivity index (χ2v) is 6.69. The number of aryl methyl sites for hydroxylation is 2. The Balaban J connectivity index is 1.79. The van der Waals surface area contributed by atoms with Gasteiger partial charge in [0, 0.05) is 17.3 Å². The van der Waals surface area contributed by atoms with Gasteiger partial charge in [-0.3, -0.25) is 9.59 Å². The van der Waals surface area contributed by atoms with Gasteiger partial charge in [-0.25, -0.2) is 0 Å². The SMILES string of the molecule is Cc1cc(C)cc(OCCC(=O)Nc2ccc(NC(=O)C(C)C)cc2)c1. The smallest absolute Gasteiger partial charge is 0.227 e. The summed E-state index contributed by atoms with van der Waals surface area (Å²) in [6.45, 7) is 8.02. The molecule has 0 aliphatic rings. The van der Waals surface area contributed by atoms with Crippen LogP contribution in [0.2, 0.25) is 0 Å². The summed E-state index contributed by atoms with van der Waals surface area (Å²) in [5.74, 6) is 0.547. The van der Waals surface area contributed by atoms with Crippen LogP contribution in [0.25, 0.3) is 0 Å². The second kappa shape index (κ2) is 9.04. The number of benzene rings is 2. The fraction of sp³-hybridized carbons (Fsp3) is 0.333. The number of nitrogens with one attached hydrogen (secondary N) is 2. The molecule has 0 heterocycles. The maximum atomic E-state index is 12.0. The molecule has 2 rings (SSSR count). The van der Waals surface area contributed by atoms with Crippen LogP contribution in [-0.2, 0) is 9.59 Å². The van der Waals surface area contributed by atoms with Gasteiger partial charge in [0.25, 0.3) is 0 Å². The van der Waals surface area contributed by atoms with E-state index in [1.807, 2.05) is 39.8 Å². The lowest BCUT2D eigenvalue weighted by Gasteiger charge is -2.10. The first-order valence-corrected chi connectivity index (χ1v) is 8.75. The van der Waals surface area contributed by atoms with E-state index in [-0.39, 0.29) is 24.2 Å². The van der Waals surface area contributed by atoms with Gasteiger partial charge in [-0.15, -0.1) is 0 Å². The molecule has 0 saturated heterocycles. The number of ether oxygens (including phenoxy) is 1. The molecule has 0 atom stereocenters. The molecule has 0 bridgehead atoms. The lowest BCUT2D eigenvalue weighted by molar-refractivity contribution is -0.119. The molecule has 138 valence electrons. The third-order valence-electron chi connectivity index (χ3n) is 3.75. The summed E-state index contributed by atoms with van der Waals surface area (Å²) in [6, 6.07) is 13.0. The molecule has 5 heteroatoms. The third-order valence-corrected chi connectivity index (χ3v) is 3.75. The van der Waals surface area contributed by atoms with Crippen molar-refractivity contribution in [3.05, 3.63) is 53.6 Å². The predicted octanol–water partition coefficient (Wildman–Crippen LogP) is 4.31. The molecule has 0 radical (unpaired) electrons. The fourth-order valence-corrected chi connectivity index (χ4v) is 2.42. The normalized spacial score (nSPS) is 10.5. The zero-order valence-electron chi connectivity index (χ0n) is 15.8. The molecular formula is C21H26N2O3. The third kappa shape index (κ3) is 6.24. The van der Waals surface area contributed by atoms with Crippen LogP contribution in [0.15, 0.2) is 42.5 Å². The molecule has 2 N–H and O–H groups in total. The molecule has 0 spiro atoms. The number of rotatable bonds is 7. The van der Waals surface area contributed by atoms with Crippen LogP contribution in [0.1, 0.15) is 31.4 Å². The van der Waals surface area contributed by atoms with Gasteiger partial charge in [0.2, 0.25) is 11.8 Å². The molecule has 2 aromatic carbocycles. The van der Waals surface area contributed by atoms with Gasteiger partial charge in [-0.2, -0.15) is 0 Å². The summed E-state index contributed by atoms with van der Waals surface area (Å²) >= 11 is 0. The highest BCUT2D eigenvalue weighted by Gasteiger charge is 2.08. The van der Waals surface area contributed by atoms with Crippen LogP contribution in [0.3, 0.4) is 0 Å². The first kappa shape index (κ1) is 19.5. The van der Waals surface area contributed by atoms with E-state index in [1.54, 1.807) is 24.3 Å². The molecule has 0 aliphatic carbocycles. The number of carbonyl (C=O) groups is 2. The molecule has 0 aromatic heterocycles. The number of carbonyl (C=O) groups excluding carboxylic acids is 2. The predicted molar refractivity (Wildman–Crippen MR) is 105 cm³/mol. The van der Waals surface area contributed by atoms with E-state index in [4.69, 9.17) is 4.74 Å². The standard InChI is InChI=1S/C21H26N2O3/c1-14(2)21(25)23-18-7-5-17(6-8-18)22-20(24)9-10-26-19-12-15(3)11-16(4)13-19/h5-8,11-14H,9-10H2,1-4H3,(H,22,24)(H,23,25). The Morgan fingerprint density at radius 3 is 2.00 bits per heavy atom. The maximum Gasteiger partial charge on any atom is 0.227 e. The van der Waals surface area contributed by atoms with Crippen molar-refractivity contribution in [3.8, 4) is 5.75 Å². The first-order chi connectivity index (χ1) is 12.3. The van der Waals surface area contributed by atoms with Crippen LogP contribution in [0.5, 0.6) is 5.75 Å². The minimum atomic E-state index is -0.117. The maximum absolute atomic E-state index is 12.0. The average Bonchev–Trinajstić information content (AvgIpc) is 2.55. The van der Waals surface area contributed by atoms with Crippen LogP contribution in [0.4, 0.5) is 11.4 Å². The van der Waals surface area contributed by atoms with Crippen LogP contribution >= 0.6 is 0 Å². The van der Waals surface area contributed by atoms with E-state index in [0.29, 0.717) is 18.0 Å². The van der Waals surface area contributed by atoms with Gasteiger partial charge in [0.1, 0.15) is 5.75 Å². The lowest BCUT2D eigenvalue weighted by Crippen LogP contribution is -2.18. The van der Waals surface area contributed by atoms with E-state index < -0.39 is 0 Å². The van der Waals surface area contributed by atoms with Crippen molar-refractivity contribution >= 4 is 23.2 Å². The topological polar surface area (TPSA) is 67.4 Å². The van der Waals surface area contributed by atoms with Crippen molar-refractivity contribution < 1.29 is 14.3 Å². The Morgan fingerprint density at radius 1 is 0.923 bits per heavy atom. The summed E-state index contributed by atoms with van der Waals surface area (Å²) in [7, 11) is 0. The Morgan fingerprint density at radius 2 is 1.46 bits per heavy atom. The Kier molecular flexibility index (Phi) is 6.78. The zero-order chi connectivity index (χ0) is 19.1. The van der Waals surface area contributed by atoms with Gasteiger partial charge in [0.05, 0.1) is 13.0 Å². The number of amides is 2. The highest BCUT2D eigenvalue weighted by molar-refractivity contribution is 5.93. The summed E-state index contributed by atoms with van der Waals surface area (Å²) < 4.78 is 5.65. The largest absolute Gasteiger partial charge is 0.493 e. The zero-order valence-corrected chi connectivity index (χ0v) is 15.8. The summed E-state index contributed by atoms with van der Waals surface area (Å²) in [5, 5.41) is 5.63. The second-order valence-electron chi connectivity index (χ2n) is 6.69. The minimum Gasteiger partial charge on any atom is -0.493 e. The van der Waals surface area contributed by atoms with Crippen LogP contribution < -0.4 is 15.4 Å². The van der Waals surface area contributed by atoms with E-state index in [9.17, 15) is 9.59 Å². The molecule has 5 nitrogen and oxygen atoms in total. The van der Waals surface area contributed by atoms with E-state index in [1.165, 1.54) is 0 Å². The molecule has 26 heavy (non-hydrogen) atoms. The monoisotopic (exact) mass is 354 g/mol. The minimum absolute atomic E-state index is 0.0367. The molecule has 0 fully saturated rings. The molecule has 2 amide bonds. The molecule has 0 saturated carbocycles. The van der Waals surface area contributed by atoms with Gasteiger partial charge in [0.15, 0.2) is 0 Å².